The average molecular weight is 368 g/mol. The van der Waals surface area contributed by atoms with Crippen molar-refractivity contribution in [2.45, 2.75) is 65.6 Å². The lowest BCUT2D eigenvalue weighted by molar-refractivity contribution is -0.142. The van der Waals surface area contributed by atoms with Crippen molar-refractivity contribution >= 4 is 5.97 Å². The molecule has 3 heteroatoms. The summed E-state index contributed by atoms with van der Waals surface area (Å²) in [5.74, 6) is 0.0769. The molecule has 0 bridgehead atoms. The summed E-state index contributed by atoms with van der Waals surface area (Å²) in [6.07, 6.45) is 1.05. The van der Waals surface area contributed by atoms with Crippen LogP contribution in [0.2, 0.25) is 0 Å². The van der Waals surface area contributed by atoms with Gasteiger partial charge in [-0.1, -0.05) is 54.6 Å². The number of hydrogen-bond acceptors (Lipinski definition) is 3. The van der Waals surface area contributed by atoms with E-state index >= 15 is 0 Å². The molecule has 146 valence electrons. The molecule has 2 aromatic carbocycles. The molecule has 0 heterocycles. The molecule has 0 aliphatic rings. The molecule has 0 aliphatic heterocycles. The van der Waals surface area contributed by atoms with E-state index in [1.54, 1.807) is 0 Å². The van der Waals surface area contributed by atoms with E-state index in [1.807, 2.05) is 6.07 Å². The Morgan fingerprint density at radius 2 is 1.56 bits per heavy atom. The quantitative estimate of drug-likeness (QED) is 0.557. The molecule has 3 nitrogen and oxygen atoms in total. The highest BCUT2D eigenvalue weighted by molar-refractivity contribution is 5.65. The van der Waals surface area contributed by atoms with Crippen LogP contribution in [0, 0.1) is 0 Å². The van der Waals surface area contributed by atoms with E-state index in [0.29, 0.717) is 24.6 Å². The molecule has 0 saturated heterocycles. The van der Waals surface area contributed by atoms with Gasteiger partial charge in [-0.15, -0.1) is 0 Å². The summed E-state index contributed by atoms with van der Waals surface area (Å²) < 4.78 is 5.18. The number of hydrogen-bond donors (Lipinski definition) is 0. The van der Waals surface area contributed by atoms with Gasteiger partial charge in [-0.3, -0.25) is 9.69 Å². The van der Waals surface area contributed by atoms with Crippen LogP contribution in [0.3, 0.4) is 0 Å². The van der Waals surface area contributed by atoms with Gasteiger partial charge >= 0.3 is 5.97 Å². The van der Waals surface area contributed by atoms with E-state index in [-0.39, 0.29) is 5.97 Å². The highest BCUT2D eigenvalue weighted by Gasteiger charge is 2.19. The molecule has 0 aromatic heterocycles. The van der Waals surface area contributed by atoms with Crippen LogP contribution in [-0.2, 0) is 16.1 Å². The molecular weight excluding hydrogens is 334 g/mol. The molecule has 1 atom stereocenters. The first-order chi connectivity index (χ1) is 12.9. The lowest BCUT2D eigenvalue weighted by Gasteiger charge is -2.32. The molecule has 0 aliphatic carbocycles. The Morgan fingerprint density at radius 1 is 0.926 bits per heavy atom. The second-order valence-corrected chi connectivity index (χ2v) is 7.70. The number of ether oxygens (including phenoxy) is 1. The van der Waals surface area contributed by atoms with E-state index in [2.05, 4.69) is 81.1 Å². The van der Waals surface area contributed by atoms with Gasteiger partial charge in [0.15, 0.2) is 0 Å². The Labute approximate surface area is 164 Å². The van der Waals surface area contributed by atoms with Gasteiger partial charge in [0, 0.05) is 24.9 Å². The normalized spacial score (nSPS) is 12.6. The fourth-order valence-electron chi connectivity index (χ4n) is 3.69. The smallest absolute Gasteiger partial charge is 0.302 e. The van der Waals surface area contributed by atoms with E-state index in [4.69, 9.17) is 4.74 Å². The van der Waals surface area contributed by atoms with Crippen LogP contribution in [0.1, 0.15) is 63.6 Å². The monoisotopic (exact) mass is 367 g/mol. The maximum Gasteiger partial charge on any atom is 0.302 e. The van der Waals surface area contributed by atoms with Crippen LogP contribution >= 0.6 is 0 Å². The molecule has 27 heavy (non-hydrogen) atoms. The van der Waals surface area contributed by atoms with E-state index < -0.39 is 0 Å². The maximum absolute atomic E-state index is 11.1. The maximum atomic E-state index is 11.1. The fraction of sp³-hybridized carbons (Fsp3) is 0.458. The summed E-state index contributed by atoms with van der Waals surface area (Å²) >= 11 is 0. The third kappa shape index (κ3) is 6.51. The average Bonchev–Trinajstić information content (AvgIpc) is 2.64. The van der Waals surface area contributed by atoms with Crippen molar-refractivity contribution in [1.82, 2.24) is 4.90 Å². The van der Waals surface area contributed by atoms with Crippen molar-refractivity contribution < 1.29 is 9.53 Å². The van der Waals surface area contributed by atoms with Crippen molar-refractivity contribution in [3.05, 3.63) is 71.3 Å². The number of rotatable bonds is 9. The summed E-state index contributed by atoms with van der Waals surface area (Å²) in [5.41, 5.74) is 3.64. The largest absolute Gasteiger partial charge is 0.461 e. The van der Waals surface area contributed by atoms with Crippen molar-refractivity contribution in [3.8, 4) is 0 Å². The van der Waals surface area contributed by atoms with Crippen molar-refractivity contribution in [2.24, 2.45) is 0 Å². The molecule has 0 saturated carbocycles. The summed E-state index contributed by atoms with van der Waals surface area (Å²) in [4.78, 5) is 13.7. The molecule has 0 N–H and O–H groups in total. The second-order valence-electron chi connectivity index (χ2n) is 7.70. The third-order valence-corrected chi connectivity index (χ3v) is 5.00. The molecule has 0 fully saturated rings. The lowest BCUT2D eigenvalue weighted by atomic mass is 9.87. The van der Waals surface area contributed by atoms with Gasteiger partial charge in [0.1, 0.15) is 6.61 Å². The van der Waals surface area contributed by atoms with Crippen LogP contribution in [0.15, 0.2) is 54.6 Å². The zero-order valence-corrected chi connectivity index (χ0v) is 17.3. The van der Waals surface area contributed by atoms with Crippen molar-refractivity contribution in [3.63, 3.8) is 0 Å². The first kappa shape index (κ1) is 21.2. The zero-order chi connectivity index (χ0) is 19.8. The van der Waals surface area contributed by atoms with Gasteiger partial charge < -0.3 is 4.74 Å². The van der Waals surface area contributed by atoms with Gasteiger partial charge in [0.25, 0.3) is 0 Å². The standard InChI is InChI=1S/C24H33NO2/c1-18(2)25(19(3)4)15-14-24(22-11-7-6-8-12-22)23-13-9-10-21(16-23)17-27-20(5)26/h6-13,16,18-19,24H,14-15,17H2,1-5H3/t24-/m1/s1. The molecular formula is C24H33NO2. The Hall–Kier alpha value is -2.13. The van der Waals surface area contributed by atoms with E-state index in [9.17, 15) is 4.79 Å². The number of carbonyl (C=O) groups excluding carboxylic acids is 1. The predicted molar refractivity (Wildman–Crippen MR) is 112 cm³/mol. The van der Waals surface area contributed by atoms with Gasteiger partial charge in [-0.2, -0.15) is 0 Å². The number of esters is 1. The minimum absolute atomic E-state index is 0.246. The van der Waals surface area contributed by atoms with Gasteiger partial charge in [-0.25, -0.2) is 0 Å². The molecule has 0 radical (unpaired) electrons. The minimum Gasteiger partial charge on any atom is -0.461 e. The van der Waals surface area contributed by atoms with Crippen molar-refractivity contribution in [2.75, 3.05) is 6.54 Å². The van der Waals surface area contributed by atoms with Crippen LogP contribution < -0.4 is 0 Å². The van der Waals surface area contributed by atoms with Gasteiger partial charge in [-0.05, 0) is 57.4 Å². The van der Waals surface area contributed by atoms with Crippen LogP contribution in [0.25, 0.3) is 0 Å². The summed E-state index contributed by atoms with van der Waals surface area (Å²) in [7, 11) is 0. The number of nitrogens with zero attached hydrogens (tertiary/aromatic N) is 1. The summed E-state index contributed by atoms with van der Waals surface area (Å²) in [6, 6.07) is 20.2. The highest BCUT2D eigenvalue weighted by Crippen LogP contribution is 2.29. The van der Waals surface area contributed by atoms with Crippen molar-refractivity contribution in [1.29, 1.82) is 0 Å². The molecule has 0 unspecified atom stereocenters. The predicted octanol–water partition coefficient (Wildman–Crippen LogP) is 5.39. The Kier molecular flexibility index (Phi) is 8.05. The molecule has 2 aromatic rings. The minimum atomic E-state index is -0.246. The topological polar surface area (TPSA) is 29.5 Å². The SMILES string of the molecule is CC(=O)OCc1cccc([C@H](CCN(C(C)C)C(C)C)c2ccccc2)c1. The van der Waals surface area contributed by atoms with Gasteiger partial charge in [0.2, 0.25) is 0 Å². The van der Waals surface area contributed by atoms with Crippen LogP contribution in [0.5, 0.6) is 0 Å². The summed E-state index contributed by atoms with van der Waals surface area (Å²) in [5, 5.41) is 0. The molecule has 0 amide bonds. The molecule has 2 rings (SSSR count). The Balaban J connectivity index is 2.25. The second kappa shape index (κ2) is 10.3. The van der Waals surface area contributed by atoms with Crippen LogP contribution in [-0.4, -0.2) is 29.5 Å². The lowest BCUT2D eigenvalue weighted by Crippen LogP contribution is -2.38. The fourth-order valence-corrected chi connectivity index (χ4v) is 3.69. The molecule has 0 spiro atoms. The first-order valence-corrected chi connectivity index (χ1v) is 9.91. The number of carbonyl (C=O) groups is 1. The Bertz CT molecular complexity index is 701. The van der Waals surface area contributed by atoms with Gasteiger partial charge in [0.05, 0.1) is 0 Å². The van der Waals surface area contributed by atoms with E-state index in [0.717, 1.165) is 18.5 Å². The summed E-state index contributed by atoms with van der Waals surface area (Å²) in [6.45, 7) is 11.9. The van der Waals surface area contributed by atoms with E-state index in [1.165, 1.54) is 18.1 Å². The highest BCUT2D eigenvalue weighted by atomic mass is 16.5. The Morgan fingerprint density at radius 3 is 2.15 bits per heavy atom. The number of benzene rings is 2. The first-order valence-electron chi connectivity index (χ1n) is 9.91. The zero-order valence-electron chi connectivity index (χ0n) is 17.3. The van der Waals surface area contributed by atoms with Crippen LogP contribution in [0.4, 0.5) is 0 Å². The third-order valence-electron chi connectivity index (χ3n) is 5.00.